The molecule has 0 aromatic carbocycles. The second-order valence-electron chi connectivity index (χ2n) is 2.44. The topological polar surface area (TPSA) is 63.2 Å². The van der Waals surface area contributed by atoms with Crippen LogP contribution in [0.3, 0.4) is 0 Å². The Morgan fingerprint density at radius 2 is 2.42 bits per heavy atom. The summed E-state index contributed by atoms with van der Waals surface area (Å²) >= 11 is -1.54. The molecule has 2 aromatic rings. The lowest BCUT2D eigenvalue weighted by molar-refractivity contribution is 0.575. The predicted octanol–water partition coefficient (Wildman–Crippen LogP) is 1.16. The highest BCUT2D eigenvalue weighted by Gasteiger charge is 2.34. The van der Waals surface area contributed by atoms with Gasteiger partial charge in [-0.15, -0.1) is 0 Å². The minimum atomic E-state index is -1.54. The Bertz CT molecular complexity index is 536. The molecule has 0 amide bonds. The number of hydrogen-bond donors (Lipinski definition) is 0. The van der Waals surface area contributed by atoms with Crippen molar-refractivity contribution in [3.8, 4) is 11.8 Å². The Morgan fingerprint density at radius 1 is 1.58 bits per heavy atom. The van der Waals surface area contributed by atoms with Crippen molar-refractivity contribution in [3.05, 3.63) is 11.6 Å². The van der Waals surface area contributed by atoms with Crippen molar-refractivity contribution in [2.75, 3.05) is 0 Å². The lowest BCUT2D eigenvalue weighted by Gasteiger charge is -1.86. The molecule has 1 atom stereocenters. The molecule has 2 bridgehead atoms. The van der Waals surface area contributed by atoms with Crippen LogP contribution in [-0.4, -0.2) is 4.21 Å². The Morgan fingerprint density at radius 3 is 3.17 bits per heavy atom. The number of furan rings is 2. The fourth-order valence-electron chi connectivity index (χ4n) is 1.33. The van der Waals surface area contributed by atoms with E-state index < -0.39 is 11.1 Å². The fraction of sp³-hybridized carbons (Fsp3) is 0. The number of fused-ring (bicyclic) bond motifs is 1. The Kier molecular flexibility index (Phi) is 0.813. The molecule has 0 saturated carbocycles. The maximum atomic E-state index is 11.2. The highest BCUT2D eigenvalue weighted by atomic mass is 32.2. The summed E-state index contributed by atoms with van der Waals surface area (Å²) in [6.07, 6.45) is 0. The Labute approximate surface area is 69.3 Å². The van der Waals surface area contributed by atoms with Crippen LogP contribution in [0.25, 0.3) is 11.2 Å². The quantitative estimate of drug-likeness (QED) is 0.608. The molecular weight excluding hydrogens is 178 g/mol. The van der Waals surface area contributed by atoms with Crippen LogP contribution >= 0.6 is 0 Å². The summed E-state index contributed by atoms with van der Waals surface area (Å²) in [4.78, 5) is 0.394. The van der Waals surface area contributed by atoms with E-state index in [1.54, 1.807) is 6.07 Å². The van der Waals surface area contributed by atoms with E-state index >= 15 is 0 Å². The molecule has 3 rings (SSSR count). The highest BCUT2D eigenvalue weighted by molar-refractivity contribution is 7.81. The van der Waals surface area contributed by atoms with Crippen LogP contribution in [0.1, 0.15) is 5.56 Å². The smallest absolute Gasteiger partial charge is 0.246 e. The Balaban J connectivity index is 2.59. The van der Waals surface area contributed by atoms with Gasteiger partial charge in [-0.25, -0.2) is 4.21 Å². The third-order valence-electron chi connectivity index (χ3n) is 1.82. The molecule has 1 unspecified atom stereocenters. The lowest BCUT2D eigenvalue weighted by atomic mass is 10.2. The van der Waals surface area contributed by atoms with E-state index in [-0.39, 0.29) is 0 Å². The van der Waals surface area contributed by atoms with Gasteiger partial charge in [0, 0.05) is 6.07 Å². The zero-order chi connectivity index (χ0) is 8.29. The van der Waals surface area contributed by atoms with Gasteiger partial charge in [-0.3, -0.25) is 0 Å². The van der Waals surface area contributed by atoms with Crippen molar-refractivity contribution in [1.29, 1.82) is 5.26 Å². The largest absolute Gasteiger partial charge is 0.450 e. The van der Waals surface area contributed by atoms with E-state index in [4.69, 9.17) is 13.9 Å². The molecule has 0 radical (unpaired) electrons. The van der Waals surface area contributed by atoms with Gasteiger partial charge in [-0.05, 0) is 0 Å². The van der Waals surface area contributed by atoms with Crippen LogP contribution in [-0.2, 0) is 11.1 Å². The molecule has 0 aliphatic carbocycles. The van der Waals surface area contributed by atoms with Crippen molar-refractivity contribution in [2.45, 2.75) is 4.90 Å². The normalized spacial score (nSPS) is 19.8. The average molecular weight is 179 g/mol. The molecule has 3 heterocycles. The number of nitrogens with zero attached hydrogens (tertiary/aromatic N) is 1. The predicted molar refractivity (Wildman–Crippen MR) is 39.2 cm³/mol. The van der Waals surface area contributed by atoms with Crippen LogP contribution < -0.4 is 4.18 Å². The monoisotopic (exact) mass is 179 g/mol. The number of rotatable bonds is 0. The molecule has 1 aliphatic rings. The van der Waals surface area contributed by atoms with Gasteiger partial charge in [-0.1, -0.05) is 0 Å². The first kappa shape index (κ1) is 6.03. The second kappa shape index (κ2) is 1.62. The molecule has 5 heteroatoms. The summed E-state index contributed by atoms with van der Waals surface area (Å²) in [5.41, 5.74) is 1.26. The van der Waals surface area contributed by atoms with Crippen molar-refractivity contribution in [3.63, 3.8) is 0 Å². The van der Waals surface area contributed by atoms with Crippen LogP contribution in [0, 0.1) is 11.3 Å². The summed E-state index contributed by atoms with van der Waals surface area (Å²) < 4.78 is 21.3. The van der Waals surface area contributed by atoms with Crippen LogP contribution in [0.4, 0.5) is 0 Å². The van der Waals surface area contributed by atoms with Gasteiger partial charge in [0.05, 0.1) is 0 Å². The third-order valence-corrected chi connectivity index (χ3v) is 2.88. The summed E-state index contributed by atoms with van der Waals surface area (Å²) in [6, 6.07) is 3.52. The SMILES string of the molecule is N#Cc1c2c3oc1cc3OS2=O. The van der Waals surface area contributed by atoms with Gasteiger partial charge in [0.1, 0.15) is 16.5 Å². The maximum Gasteiger partial charge on any atom is 0.246 e. The molecule has 4 nitrogen and oxygen atoms in total. The summed E-state index contributed by atoms with van der Waals surface area (Å²) in [5.74, 6) is 0.484. The van der Waals surface area contributed by atoms with E-state index in [0.29, 0.717) is 27.4 Å². The van der Waals surface area contributed by atoms with Crippen molar-refractivity contribution >= 4 is 22.2 Å². The first-order valence-corrected chi connectivity index (χ1v) is 4.28. The number of benzene rings is 1. The lowest BCUT2D eigenvalue weighted by Crippen LogP contribution is -1.92. The van der Waals surface area contributed by atoms with Gasteiger partial charge in [0.25, 0.3) is 0 Å². The van der Waals surface area contributed by atoms with Gasteiger partial charge in [0.2, 0.25) is 11.1 Å². The van der Waals surface area contributed by atoms with Crippen LogP contribution in [0.5, 0.6) is 5.75 Å². The average Bonchev–Trinajstić information content (AvgIpc) is 2.61. The van der Waals surface area contributed by atoms with Crippen molar-refractivity contribution in [1.82, 2.24) is 0 Å². The Hall–Kier alpha value is -1.54. The summed E-state index contributed by atoms with van der Waals surface area (Å²) in [6.45, 7) is 0. The van der Waals surface area contributed by atoms with Gasteiger partial charge in [0.15, 0.2) is 16.9 Å². The first-order chi connectivity index (χ1) is 5.81. The first-order valence-electron chi connectivity index (χ1n) is 3.20. The minimum absolute atomic E-state index is 0.338. The number of hydrogen-bond acceptors (Lipinski definition) is 4. The third kappa shape index (κ3) is 0.447. The van der Waals surface area contributed by atoms with E-state index in [0.717, 1.165) is 0 Å². The highest BCUT2D eigenvalue weighted by Crippen LogP contribution is 2.44. The zero-order valence-electron chi connectivity index (χ0n) is 5.66. The maximum absolute atomic E-state index is 11.2. The molecule has 1 aliphatic heterocycles. The van der Waals surface area contributed by atoms with E-state index in [9.17, 15) is 4.21 Å². The fourth-order valence-corrected chi connectivity index (χ4v) is 2.31. The molecule has 2 aromatic heterocycles. The number of nitriles is 1. The van der Waals surface area contributed by atoms with Gasteiger partial charge < -0.3 is 8.60 Å². The van der Waals surface area contributed by atoms with Gasteiger partial charge >= 0.3 is 0 Å². The molecular formula is C7HNO3S. The molecule has 0 spiro atoms. The summed E-state index contributed by atoms with van der Waals surface area (Å²) in [5, 5.41) is 8.68. The second-order valence-corrected chi connectivity index (χ2v) is 3.48. The van der Waals surface area contributed by atoms with Gasteiger partial charge in [-0.2, -0.15) is 5.26 Å². The molecule has 58 valence electrons. The molecule has 0 N–H and O–H groups in total. The minimum Gasteiger partial charge on any atom is -0.450 e. The van der Waals surface area contributed by atoms with Crippen molar-refractivity contribution < 1.29 is 12.8 Å². The van der Waals surface area contributed by atoms with Crippen molar-refractivity contribution in [2.24, 2.45) is 0 Å². The van der Waals surface area contributed by atoms with Crippen LogP contribution in [0.2, 0.25) is 0 Å². The zero-order valence-corrected chi connectivity index (χ0v) is 6.47. The standard InChI is InChI=1S/C7HNO3S/c8-2-3-4-1-5-6(10-4)7(3)12(9)11-5/h1H. The molecule has 0 saturated heterocycles. The van der Waals surface area contributed by atoms with E-state index in [1.807, 2.05) is 6.07 Å². The van der Waals surface area contributed by atoms with E-state index in [1.165, 1.54) is 0 Å². The molecule has 0 fully saturated rings. The summed E-state index contributed by atoms with van der Waals surface area (Å²) in [7, 11) is 0. The van der Waals surface area contributed by atoms with Crippen LogP contribution in [0.15, 0.2) is 15.4 Å². The van der Waals surface area contributed by atoms with E-state index in [2.05, 4.69) is 0 Å². The molecule has 12 heavy (non-hydrogen) atoms.